The van der Waals surface area contributed by atoms with Gasteiger partial charge in [0.1, 0.15) is 13.2 Å². The van der Waals surface area contributed by atoms with Crippen molar-refractivity contribution in [1.82, 2.24) is 0 Å². The smallest absolute Gasteiger partial charge is 0.306 e. The molecule has 0 bridgehead atoms. The number of rotatable bonds is 44. The Labute approximate surface area is 375 Å². The van der Waals surface area contributed by atoms with Gasteiger partial charge >= 0.3 is 17.9 Å². The van der Waals surface area contributed by atoms with Gasteiger partial charge in [-0.3, -0.25) is 14.4 Å². The lowest BCUT2D eigenvalue weighted by molar-refractivity contribution is -0.167. The lowest BCUT2D eigenvalue weighted by Crippen LogP contribution is -2.30. The van der Waals surface area contributed by atoms with Gasteiger partial charge in [0.05, 0.1) is 0 Å². The van der Waals surface area contributed by atoms with E-state index in [0.29, 0.717) is 19.3 Å². The van der Waals surface area contributed by atoms with Gasteiger partial charge in [-0.2, -0.15) is 0 Å². The molecule has 1 atom stereocenters. The Hall–Kier alpha value is -3.41. The van der Waals surface area contributed by atoms with Crippen molar-refractivity contribution >= 4 is 17.9 Å². The molecule has 0 aromatic rings. The predicted octanol–water partition coefficient (Wildman–Crippen LogP) is 16.4. The van der Waals surface area contributed by atoms with Crippen LogP contribution in [-0.4, -0.2) is 37.2 Å². The Balaban J connectivity index is 4.29. The fourth-order valence-electron chi connectivity index (χ4n) is 6.61. The first kappa shape index (κ1) is 57.6. The second-order valence-electron chi connectivity index (χ2n) is 16.3. The quantitative estimate of drug-likeness (QED) is 0.0263. The molecule has 0 radical (unpaired) electrons. The largest absolute Gasteiger partial charge is 0.462 e. The molecule has 0 saturated heterocycles. The van der Waals surface area contributed by atoms with Crippen LogP contribution in [0.25, 0.3) is 0 Å². The van der Waals surface area contributed by atoms with Gasteiger partial charge in [0.15, 0.2) is 6.10 Å². The Morgan fingerprint density at radius 2 is 0.639 bits per heavy atom. The van der Waals surface area contributed by atoms with Crippen LogP contribution >= 0.6 is 0 Å². The normalized spacial score (nSPS) is 12.8. The number of unbranched alkanes of at least 4 members (excludes halogenated alkanes) is 19. The molecule has 0 saturated carbocycles. The molecule has 0 spiro atoms. The summed E-state index contributed by atoms with van der Waals surface area (Å²) in [6.07, 6.45) is 63.0. The summed E-state index contributed by atoms with van der Waals surface area (Å²) in [4.78, 5) is 37.7. The summed E-state index contributed by atoms with van der Waals surface area (Å²) in [6, 6.07) is 0. The number of carbonyl (C=O) groups excluding carboxylic acids is 3. The van der Waals surface area contributed by atoms with Crippen LogP contribution in [0.4, 0.5) is 0 Å². The molecule has 0 aromatic heterocycles. The molecule has 6 heteroatoms. The molecule has 348 valence electrons. The Morgan fingerprint density at radius 3 is 1.02 bits per heavy atom. The molecule has 6 nitrogen and oxygen atoms in total. The second-order valence-corrected chi connectivity index (χ2v) is 16.3. The number of carbonyl (C=O) groups is 3. The monoisotopic (exact) mass is 849 g/mol. The zero-order valence-electron chi connectivity index (χ0n) is 39.7. The van der Waals surface area contributed by atoms with Crippen LogP contribution in [0.2, 0.25) is 0 Å². The van der Waals surface area contributed by atoms with Gasteiger partial charge in [-0.25, -0.2) is 0 Å². The maximum absolute atomic E-state index is 12.7. The molecule has 0 aliphatic rings. The summed E-state index contributed by atoms with van der Waals surface area (Å²) in [7, 11) is 0. The average Bonchev–Trinajstić information content (AvgIpc) is 3.26. The number of ether oxygens (including phenoxy) is 3. The molecule has 0 rings (SSSR count). The zero-order valence-corrected chi connectivity index (χ0v) is 39.7. The van der Waals surface area contributed by atoms with Crippen molar-refractivity contribution in [2.24, 2.45) is 0 Å². The molecular formula is C55H92O6. The summed E-state index contributed by atoms with van der Waals surface area (Å²) in [5.41, 5.74) is 0. The molecule has 0 fully saturated rings. The summed E-state index contributed by atoms with van der Waals surface area (Å²) in [6.45, 7) is 6.41. The van der Waals surface area contributed by atoms with Crippen LogP contribution < -0.4 is 0 Å². The van der Waals surface area contributed by atoms with Gasteiger partial charge in [0.2, 0.25) is 0 Å². The molecule has 61 heavy (non-hydrogen) atoms. The minimum absolute atomic E-state index is 0.0894. The maximum atomic E-state index is 12.7. The lowest BCUT2D eigenvalue weighted by Gasteiger charge is -2.18. The maximum Gasteiger partial charge on any atom is 0.306 e. The van der Waals surface area contributed by atoms with Crippen LogP contribution in [0.3, 0.4) is 0 Å². The van der Waals surface area contributed by atoms with Gasteiger partial charge in [-0.05, 0) is 96.3 Å². The lowest BCUT2D eigenvalue weighted by atomic mass is 10.1. The Morgan fingerprint density at radius 1 is 0.344 bits per heavy atom. The summed E-state index contributed by atoms with van der Waals surface area (Å²) < 4.78 is 16.7. The zero-order chi connectivity index (χ0) is 44.4. The van der Waals surface area contributed by atoms with Crippen LogP contribution in [0, 0.1) is 0 Å². The van der Waals surface area contributed by atoms with Crippen molar-refractivity contribution < 1.29 is 28.6 Å². The van der Waals surface area contributed by atoms with Crippen molar-refractivity contribution in [3.63, 3.8) is 0 Å². The highest BCUT2D eigenvalue weighted by molar-refractivity contribution is 5.71. The van der Waals surface area contributed by atoms with E-state index in [2.05, 4.69) is 106 Å². The van der Waals surface area contributed by atoms with E-state index in [0.717, 1.165) is 135 Å². The highest BCUT2D eigenvalue weighted by atomic mass is 16.6. The first-order valence-corrected chi connectivity index (χ1v) is 25.1. The van der Waals surface area contributed by atoms with Gasteiger partial charge < -0.3 is 14.2 Å². The van der Waals surface area contributed by atoms with E-state index in [4.69, 9.17) is 14.2 Å². The number of allylic oxidation sites excluding steroid dienone is 14. The van der Waals surface area contributed by atoms with E-state index in [-0.39, 0.29) is 31.1 Å². The van der Waals surface area contributed by atoms with E-state index >= 15 is 0 Å². The first-order chi connectivity index (χ1) is 30.0. The first-order valence-electron chi connectivity index (χ1n) is 25.1. The molecule has 1 unspecified atom stereocenters. The van der Waals surface area contributed by atoms with Gasteiger partial charge in [-0.15, -0.1) is 0 Å². The Kier molecular flexibility index (Phi) is 46.5. The highest BCUT2D eigenvalue weighted by Gasteiger charge is 2.19. The molecule has 0 aromatic carbocycles. The third-order valence-corrected chi connectivity index (χ3v) is 10.4. The van der Waals surface area contributed by atoms with Gasteiger partial charge in [0.25, 0.3) is 0 Å². The second kappa shape index (κ2) is 49.2. The van der Waals surface area contributed by atoms with Crippen molar-refractivity contribution in [1.29, 1.82) is 0 Å². The summed E-state index contributed by atoms with van der Waals surface area (Å²) in [5.74, 6) is -0.936. The van der Waals surface area contributed by atoms with Gasteiger partial charge in [-0.1, -0.05) is 196 Å². The topological polar surface area (TPSA) is 78.9 Å². The van der Waals surface area contributed by atoms with E-state index in [9.17, 15) is 14.4 Å². The fourth-order valence-corrected chi connectivity index (χ4v) is 6.61. The van der Waals surface area contributed by atoms with Gasteiger partial charge in [0, 0.05) is 19.3 Å². The molecule has 0 aliphatic carbocycles. The highest BCUT2D eigenvalue weighted by Crippen LogP contribution is 2.13. The minimum atomic E-state index is -0.788. The van der Waals surface area contributed by atoms with E-state index in [1.54, 1.807) is 0 Å². The minimum Gasteiger partial charge on any atom is -0.462 e. The standard InChI is InChI=1S/C55H92O6/c1-4-7-10-13-16-18-20-22-24-26-27-28-29-30-32-33-35-37-39-42-45-48-54(57)60-51-52(50-59-53(56)47-44-41-15-12-9-6-3)61-55(58)49-46-43-40-38-36-34-31-25-23-21-19-17-14-11-8-5-2/h7,10,16,18-19,21-22,24-25,27-28,30-32,52H,4-6,8-9,11-15,17,20,23,26,29,33-51H2,1-3H3/b10-7-,18-16-,21-19-,24-22-,28-27-,31-25-,32-30-. The third-order valence-electron chi connectivity index (χ3n) is 10.4. The molecule has 0 aliphatic heterocycles. The number of hydrogen-bond acceptors (Lipinski definition) is 6. The van der Waals surface area contributed by atoms with Crippen LogP contribution in [-0.2, 0) is 28.6 Å². The summed E-state index contributed by atoms with van der Waals surface area (Å²) >= 11 is 0. The van der Waals surface area contributed by atoms with Crippen LogP contribution in [0.1, 0.15) is 226 Å². The van der Waals surface area contributed by atoms with Crippen molar-refractivity contribution in [2.75, 3.05) is 13.2 Å². The average molecular weight is 849 g/mol. The van der Waals surface area contributed by atoms with E-state index in [1.807, 2.05) is 0 Å². The third kappa shape index (κ3) is 47.5. The van der Waals surface area contributed by atoms with Crippen molar-refractivity contribution in [3.05, 3.63) is 85.1 Å². The number of hydrogen-bond donors (Lipinski definition) is 0. The van der Waals surface area contributed by atoms with E-state index < -0.39 is 6.10 Å². The molecule has 0 amide bonds. The molecule has 0 heterocycles. The Bertz CT molecular complexity index is 1200. The summed E-state index contributed by atoms with van der Waals surface area (Å²) in [5, 5.41) is 0. The number of esters is 3. The molecule has 0 N–H and O–H groups in total. The molecular weight excluding hydrogens is 757 g/mol. The fraction of sp³-hybridized carbons (Fsp3) is 0.691. The van der Waals surface area contributed by atoms with Crippen molar-refractivity contribution in [3.8, 4) is 0 Å². The van der Waals surface area contributed by atoms with Crippen LogP contribution in [0.15, 0.2) is 85.1 Å². The van der Waals surface area contributed by atoms with E-state index in [1.165, 1.54) is 51.4 Å². The SMILES string of the molecule is CC/C=C\C/C=C\C/C=C\C/C=C\C/C=C\CCCCCCCC(=O)OCC(COC(=O)CCCCCCCC)OC(=O)CCCCCCC/C=C\C/C=C\CCCCCC. The predicted molar refractivity (Wildman–Crippen MR) is 261 cm³/mol. The van der Waals surface area contributed by atoms with Crippen molar-refractivity contribution in [2.45, 2.75) is 232 Å². The van der Waals surface area contributed by atoms with Crippen LogP contribution in [0.5, 0.6) is 0 Å².